The summed E-state index contributed by atoms with van der Waals surface area (Å²) in [6.45, 7) is 0.381. The second-order valence-electron chi connectivity index (χ2n) is 4.42. The molecule has 1 N–H and O–H groups in total. The van der Waals surface area contributed by atoms with Crippen LogP contribution in [0.1, 0.15) is 18.4 Å². The van der Waals surface area contributed by atoms with E-state index < -0.39 is 5.97 Å². The van der Waals surface area contributed by atoms with Gasteiger partial charge in [0.25, 0.3) is 0 Å². The van der Waals surface area contributed by atoms with Crippen molar-refractivity contribution in [1.82, 2.24) is 4.90 Å². The lowest BCUT2D eigenvalue weighted by Gasteiger charge is -2.24. The lowest BCUT2D eigenvalue weighted by molar-refractivity contribution is -0.137. The smallest absolute Gasteiger partial charge is 0.323 e. The van der Waals surface area contributed by atoms with Gasteiger partial charge in [0.2, 0.25) is 0 Å². The summed E-state index contributed by atoms with van der Waals surface area (Å²) in [5, 5.41) is 17.3. The molecule has 0 aliphatic heterocycles. The Morgan fingerprint density at radius 2 is 1.85 bits per heavy atom. The molecule has 6 heteroatoms. The minimum absolute atomic E-state index is 0.0399. The predicted octanol–water partition coefficient (Wildman–Crippen LogP) is 1.91. The Bertz CT molecular complexity index is 519. The van der Waals surface area contributed by atoms with Crippen molar-refractivity contribution in [2.24, 2.45) is 0 Å². The number of amides is 2. The van der Waals surface area contributed by atoms with Crippen LogP contribution < -0.4 is 4.90 Å². The molecule has 0 spiro atoms. The van der Waals surface area contributed by atoms with Crippen molar-refractivity contribution in [3.63, 3.8) is 0 Å². The Kier molecular flexibility index (Phi) is 5.54. The fourth-order valence-electron chi connectivity index (χ4n) is 1.69. The third kappa shape index (κ3) is 4.28. The average molecular weight is 275 g/mol. The Hall–Kier alpha value is -2.55. The quantitative estimate of drug-likeness (QED) is 0.889. The number of anilines is 1. The number of nitriles is 1. The minimum Gasteiger partial charge on any atom is -0.481 e. The summed E-state index contributed by atoms with van der Waals surface area (Å²) < 4.78 is 0. The van der Waals surface area contributed by atoms with E-state index in [1.54, 1.807) is 38.4 Å². The Balaban J connectivity index is 2.60. The molecule has 0 atom stereocenters. The van der Waals surface area contributed by atoms with Gasteiger partial charge in [-0.1, -0.05) is 0 Å². The molecule has 0 saturated carbocycles. The maximum atomic E-state index is 12.1. The van der Waals surface area contributed by atoms with Crippen LogP contribution in [0.15, 0.2) is 24.3 Å². The molecule has 0 aliphatic carbocycles. The van der Waals surface area contributed by atoms with Crippen LogP contribution in [-0.2, 0) is 4.79 Å². The number of rotatable bonds is 5. The normalized spacial score (nSPS) is 9.65. The van der Waals surface area contributed by atoms with Gasteiger partial charge in [-0.25, -0.2) is 4.79 Å². The summed E-state index contributed by atoms with van der Waals surface area (Å²) in [6, 6.07) is 8.47. The number of carbonyl (C=O) groups excluding carboxylic acids is 1. The molecule has 0 aromatic heterocycles. The monoisotopic (exact) mass is 275 g/mol. The van der Waals surface area contributed by atoms with Gasteiger partial charge >= 0.3 is 12.0 Å². The van der Waals surface area contributed by atoms with Crippen LogP contribution in [-0.4, -0.2) is 42.6 Å². The van der Waals surface area contributed by atoms with Crippen molar-refractivity contribution in [3.05, 3.63) is 29.8 Å². The summed E-state index contributed by atoms with van der Waals surface area (Å²) in [7, 11) is 3.27. The van der Waals surface area contributed by atoms with Gasteiger partial charge in [-0.05, 0) is 30.7 Å². The number of benzene rings is 1. The molecule has 20 heavy (non-hydrogen) atoms. The average Bonchev–Trinajstić information content (AvgIpc) is 2.45. The van der Waals surface area contributed by atoms with Crippen LogP contribution in [0, 0.1) is 11.3 Å². The fourth-order valence-corrected chi connectivity index (χ4v) is 1.69. The molecular weight excluding hydrogens is 258 g/mol. The van der Waals surface area contributed by atoms with E-state index in [-0.39, 0.29) is 12.5 Å². The van der Waals surface area contributed by atoms with Gasteiger partial charge in [-0.2, -0.15) is 5.26 Å². The highest BCUT2D eigenvalue weighted by Gasteiger charge is 2.15. The highest BCUT2D eigenvalue weighted by Crippen LogP contribution is 2.15. The number of carboxylic acids is 1. The molecule has 106 valence electrons. The molecule has 0 radical (unpaired) electrons. The maximum absolute atomic E-state index is 12.1. The molecule has 0 heterocycles. The second kappa shape index (κ2) is 7.14. The molecule has 0 fully saturated rings. The van der Waals surface area contributed by atoms with Crippen molar-refractivity contribution in [1.29, 1.82) is 5.26 Å². The molecule has 0 aliphatic rings. The van der Waals surface area contributed by atoms with Crippen LogP contribution in [0.25, 0.3) is 0 Å². The first-order valence-electron chi connectivity index (χ1n) is 6.16. The summed E-state index contributed by atoms with van der Waals surface area (Å²) in [6.07, 6.45) is 0.455. The third-order valence-corrected chi connectivity index (χ3v) is 2.88. The number of nitrogens with zero attached hydrogens (tertiary/aromatic N) is 3. The summed E-state index contributed by atoms with van der Waals surface area (Å²) in [5.41, 5.74) is 1.21. The third-order valence-electron chi connectivity index (χ3n) is 2.88. The summed E-state index contributed by atoms with van der Waals surface area (Å²) >= 11 is 0. The molecule has 0 bridgehead atoms. The van der Waals surface area contributed by atoms with Crippen LogP contribution in [0.4, 0.5) is 10.5 Å². The zero-order chi connectivity index (χ0) is 15.1. The van der Waals surface area contributed by atoms with Gasteiger partial charge in [0.15, 0.2) is 0 Å². The number of urea groups is 1. The first-order chi connectivity index (χ1) is 9.45. The zero-order valence-electron chi connectivity index (χ0n) is 11.5. The van der Waals surface area contributed by atoms with Gasteiger partial charge in [-0.15, -0.1) is 0 Å². The van der Waals surface area contributed by atoms with E-state index in [2.05, 4.69) is 0 Å². The number of hydrogen-bond acceptors (Lipinski definition) is 3. The van der Waals surface area contributed by atoms with Crippen LogP contribution in [0.2, 0.25) is 0 Å². The van der Waals surface area contributed by atoms with E-state index in [1.807, 2.05) is 6.07 Å². The molecule has 0 unspecified atom stereocenters. The minimum atomic E-state index is -0.869. The Labute approximate surface area is 117 Å². The fraction of sp³-hybridized carbons (Fsp3) is 0.357. The van der Waals surface area contributed by atoms with E-state index in [1.165, 1.54) is 9.80 Å². The lowest BCUT2D eigenvalue weighted by Crippen LogP contribution is -2.39. The van der Waals surface area contributed by atoms with Crippen molar-refractivity contribution in [3.8, 4) is 6.07 Å². The largest absolute Gasteiger partial charge is 0.481 e. The van der Waals surface area contributed by atoms with Crippen molar-refractivity contribution >= 4 is 17.7 Å². The second-order valence-corrected chi connectivity index (χ2v) is 4.42. The molecule has 0 saturated heterocycles. The van der Waals surface area contributed by atoms with E-state index in [9.17, 15) is 9.59 Å². The molecular formula is C14H17N3O3. The van der Waals surface area contributed by atoms with E-state index in [4.69, 9.17) is 10.4 Å². The number of carboxylic acid groups (broad SMARTS) is 1. The lowest BCUT2D eigenvalue weighted by atomic mass is 10.2. The Morgan fingerprint density at radius 1 is 1.25 bits per heavy atom. The van der Waals surface area contributed by atoms with Crippen molar-refractivity contribution < 1.29 is 14.7 Å². The maximum Gasteiger partial charge on any atom is 0.323 e. The molecule has 1 aromatic carbocycles. The SMILES string of the molecule is CN(CCCC(=O)O)C(=O)N(C)c1ccc(C#N)cc1. The first-order valence-corrected chi connectivity index (χ1v) is 6.16. The topological polar surface area (TPSA) is 84.6 Å². The highest BCUT2D eigenvalue weighted by molar-refractivity contribution is 5.91. The number of carbonyl (C=O) groups is 2. The van der Waals surface area contributed by atoms with Gasteiger partial charge in [-0.3, -0.25) is 9.69 Å². The van der Waals surface area contributed by atoms with E-state index in [0.29, 0.717) is 24.2 Å². The zero-order valence-corrected chi connectivity index (χ0v) is 11.5. The van der Waals surface area contributed by atoms with Crippen LogP contribution in [0.5, 0.6) is 0 Å². The summed E-state index contributed by atoms with van der Waals surface area (Å²) in [4.78, 5) is 25.5. The van der Waals surface area contributed by atoms with Gasteiger partial charge in [0.05, 0.1) is 11.6 Å². The molecule has 2 amide bonds. The van der Waals surface area contributed by atoms with Gasteiger partial charge < -0.3 is 10.0 Å². The van der Waals surface area contributed by atoms with Crippen LogP contribution in [0.3, 0.4) is 0 Å². The van der Waals surface area contributed by atoms with Gasteiger partial charge in [0, 0.05) is 32.7 Å². The molecule has 6 nitrogen and oxygen atoms in total. The highest BCUT2D eigenvalue weighted by atomic mass is 16.4. The molecule has 1 aromatic rings. The predicted molar refractivity (Wildman–Crippen MR) is 74.5 cm³/mol. The standard InChI is InChI=1S/C14H17N3O3/c1-16(9-3-4-13(18)19)14(20)17(2)12-7-5-11(10-15)6-8-12/h5-8H,3-4,9H2,1-2H3,(H,18,19). The summed E-state index contributed by atoms with van der Waals surface area (Å²) in [5.74, 6) is -0.869. The van der Waals surface area contributed by atoms with E-state index >= 15 is 0 Å². The van der Waals surface area contributed by atoms with Crippen molar-refractivity contribution in [2.75, 3.05) is 25.5 Å². The molecule has 1 rings (SSSR count). The number of aliphatic carboxylic acids is 1. The number of hydrogen-bond donors (Lipinski definition) is 1. The van der Waals surface area contributed by atoms with Crippen molar-refractivity contribution in [2.45, 2.75) is 12.8 Å². The van der Waals surface area contributed by atoms with E-state index in [0.717, 1.165) is 0 Å². The van der Waals surface area contributed by atoms with Crippen LogP contribution >= 0.6 is 0 Å². The Morgan fingerprint density at radius 3 is 2.35 bits per heavy atom. The van der Waals surface area contributed by atoms with Gasteiger partial charge in [0.1, 0.15) is 0 Å². The first kappa shape index (κ1) is 15.5.